The zero-order valence-electron chi connectivity index (χ0n) is 14.3. The van der Waals surface area contributed by atoms with Gasteiger partial charge in [-0.2, -0.15) is 13.2 Å². The van der Waals surface area contributed by atoms with E-state index in [1.807, 2.05) is 5.32 Å². The molecule has 0 radical (unpaired) electrons. The zero-order chi connectivity index (χ0) is 21.1. The first kappa shape index (κ1) is 22.0. The molecule has 28 heavy (non-hydrogen) atoms. The Morgan fingerprint density at radius 1 is 1.04 bits per heavy atom. The van der Waals surface area contributed by atoms with E-state index >= 15 is 0 Å². The van der Waals surface area contributed by atoms with E-state index in [1.54, 1.807) is 0 Å². The van der Waals surface area contributed by atoms with Crippen molar-refractivity contribution in [2.75, 3.05) is 13.7 Å². The highest BCUT2D eigenvalue weighted by atomic mass is 35.5. The van der Waals surface area contributed by atoms with Crippen LogP contribution in [0.1, 0.15) is 26.3 Å². The maximum absolute atomic E-state index is 13.5. The van der Waals surface area contributed by atoms with Gasteiger partial charge in [-0.05, 0) is 48.0 Å². The van der Waals surface area contributed by atoms with Crippen LogP contribution in [-0.2, 0) is 10.3 Å². The van der Waals surface area contributed by atoms with Crippen LogP contribution in [0.2, 0.25) is 10.0 Å². The topological polar surface area (TPSA) is 75.6 Å². The Hall–Kier alpha value is -2.29. The van der Waals surface area contributed by atoms with Gasteiger partial charge in [-0.25, -0.2) is 4.79 Å². The van der Waals surface area contributed by atoms with E-state index in [9.17, 15) is 27.9 Å². The van der Waals surface area contributed by atoms with Crippen molar-refractivity contribution in [3.05, 3.63) is 69.2 Å². The van der Waals surface area contributed by atoms with E-state index < -0.39 is 35.8 Å². The second kappa shape index (κ2) is 8.38. The molecule has 2 rings (SSSR count). The smallest absolute Gasteiger partial charge is 0.423 e. The van der Waals surface area contributed by atoms with Gasteiger partial charge in [-0.15, -0.1) is 0 Å². The van der Waals surface area contributed by atoms with Gasteiger partial charge in [-0.1, -0.05) is 23.2 Å². The molecule has 1 amide bonds. The van der Waals surface area contributed by atoms with Crippen LogP contribution in [0.4, 0.5) is 13.2 Å². The second-order valence-electron chi connectivity index (χ2n) is 5.77. The molecule has 0 aliphatic carbocycles. The summed E-state index contributed by atoms with van der Waals surface area (Å²) in [5, 5.41) is 12.1. The van der Waals surface area contributed by atoms with Gasteiger partial charge in [0.25, 0.3) is 5.91 Å². The molecule has 150 valence electrons. The predicted octanol–water partition coefficient (Wildman–Crippen LogP) is 3.96. The van der Waals surface area contributed by atoms with Crippen LogP contribution in [0, 0.1) is 0 Å². The molecule has 2 N–H and O–H groups in total. The van der Waals surface area contributed by atoms with Gasteiger partial charge in [0.15, 0.2) is 0 Å². The van der Waals surface area contributed by atoms with Gasteiger partial charge in [0, 0.05) is 15.6 Å². The number of alkyl halides is 3. The molecule has 10 heteroatoms. The third kappa shape index (κ3) is 4.76. The lowest BCUT2D eigenvalue weighted by Gasteiger charge is -2.31. The van der Waals surface area contributed by atoms with Crippen molar-refractivity contribution in [2.45, 2.75) is 11.8 Å². The number of carbonyl (C=O) groups excluding carboxylic acids is 2. The Morgan fingerprint density at radius 2 is 1.54 bits per heavy atom. The van der Waals surface area contributed by atoms with Crippen molar-refractivity contribution in [1.82, 2.24) is 5.32 Å². The molecule has 0 aliphatic heterocycles. The number of methoxy groups -OCH3 is 1. The molecule has 2 aromatic rings. The summed E-state index contributed by atoms with van der Waals surface area (Å²) < 4.78 is 45.2. The number of rotatable bonds is 5. The molecule has 0 saturated carbocycles. The van der Waals surface area contributed by atoms with Crippen molar-refractivity contribution in [3.63, 3.8) is 0 Å². The molecule has 0 aromatic heterocycles. The second-order valence-corrected chi connectivity index (χ2v) is 6.64. The lowest BCUT2D eigenvalue weighted by atomic mass is 9.92. The fraction of sp³-hybridized carbons (Fsp3) is 0.222. The maximum atomic E-state index is 13.5. The molecule has 5 nitrogen and oxygen atoms in total. The van der Waals surface area contributed by atoms with Crippen molar-refractivity contribution in [1.29, 1.82) is 0 Å². The molecule has 2 aromatic carbocycles. The first-order valence-corrected chi connectivity index (χ1v) is 8.46. The molecule has 0 heterocycles. The molecule has 0 spiro atoms. The molecule has 0 aliphatic rings. The van der Waals surface area contributed by atoms with Crippen LogP contribution in [-0.4, -0.2) is 36.8 Å². The van der Waals surface area contributed by atoms with Gasteiger partial charge in [0.2, 0.25) is 5.60 Å². The van der Waals surface area contributed by atoms with Crippen LogP contribution in [0.5, 0.6) is 0 Å². The van der Waals surface area contributed by atoms with E-state index in [-0.39, 0.29) is 21.2 Å². The number of hydrogen-bond acceptors (Lipinski definition) is 4. The summed E-state index contributed by atoms with van der Waals surface area (Å²) in [4.78, 5) is 23.5. The highest BCUT2D eigenvalue weighted by Crippen LogP contribution is 2.40. The first-order valence-electron chi connectivity index (χ1n) is 7.70. The number of amides is 1. The monoisotopic (exact) mass is 435 g/mol. The van der Waals surface area contributed by atoms with Crippen molar-refractivity contribution in [2.24, 2.45) is 0 Å². The lowest BCUT2D eigenvalue weighted by molar-refractivity contribution is -0.263. The number of aliphatic hydroxyl groups is 1. The van der Waals surface area contributed by atoms with Crippen LogP contribution >= 0.6 is 23.2 Å². The molecular formula is C18H14Cl2F3NO4. The third-order valence-electron chi connectivity index (χ3n) is 3.88. The number of hydrogen-bond donors (Lipinski definition) is 2. The van der Waals surface area contributed by atoms with Gasteiger partial charge in [0.1, 0.15) is 0 Å². The first-order chi connectivity index (χ1) is 13.0. The average molecular weight is 436 g/mol. The van der Waals surface area contributed by atoms with E-state index in [1.165, 1.54) is 37.4 Å². The zero-order valence-corrected chi connectivity index (χ0v) is 15.8. The predicted molar refractivity (Wildman–Crippen MR) is 96.5 cm³/mol. The highest BCUT2D eigenvalue weighted by Gasteiger charge is 2.55. The summed E-state index contributed by atoms with van der Waals surface area (Å²) >= 11 is 11.5. The lowest BCUT2D eigenvalue weighted by Crippen LogP contribution is -2.51. The van der Waals surface area contributed by atoms with Crippen LogP contribution in [0.3, 0.4) is 0 Å². The molecule has 1 atom stereocenters. The van der Waals surface area contributed by atoms with Crippen molar-refractivity contribution in [3.8, 4) is 0 Å². The van der Waals surface area contributed by atoms with Crippen LogP contribution < -0.4 is 5.32 Å². The van der Waals surface area contributed by atoms with E-state index in [0.29, 0.717) is 0 Å². The summed E-state index contributed by atoms with van der Waals surface area (Å²) in [6, 6.07) is 8.09. The van der Waals surface area contributed by atoms with Gasteiger partial charge >= 0.3 is 12.1 Å². The SMILES string of the molecule is COC(=O)c1ccc(C(=O)NCC(O)(c2cc(Cl)cc(Cl)c2)C(F)(F)F)cc1. The Balaban J connectivity index is 2.24. The Kier molecular flexibility index (Phi) is 6.59. The summed E-state index contributed by atoms with van der Waals surface area (Å²) in [6.45, 7) is -1.18. The van der Waals surface area contributed by atoms with Crippen molar-refractivity contribution >= 4 is 35.1 Å². The summed E-state index contributed by atoms with van der Waals surface area (Å²) in [6.07, 6.45) is -5.12. The molecular weight excluding hydrogens is 422 g/mol. The number of carbonyl (C=O) groups is 2. The largest absolute Gasteiger partial charge is 0.465 e. The molecule has 0 saturated heterocycles. The third-order valence-corrected chi connectivity index (χ3v) is 4.32. The number of halogens is 5. The van der Waals surface area contributed by atoms with Gasteiger partial charge < -0.3 is 15.2 Å². The summed E-state index contributed by atoms with van der Waals surface area (Å²) in [5.41, 5.74) is -3.87. The maximum Gasteiger partial charge on any atom is 0.423 e. The van der Waals surface area contributed by atoms with Gasteiger partial charge in [-0.3, -0.25) is 4.79 Å². The Labute approximate surface area is 168 Å². The minimum atomic E-state index is -5.12. The van der Waals surface area contributed by atoms with Gasteiger partial charge in [0.05, 0.1) is 19.2 Å². The fourth-order valence-corrected chi connectivity index (χ4v) is 2.87. The number of esters is 1. The Bertz CT molecular complexity index is 867. The fourth-order valence-electron chi connectivity index (χ4n) is 2.34. The summed E-state index contributed by atoms with van der Waals surface area (Å²) in [7, 11) is 1.18. The minimum absolute atomic E-state index is 0.0127. The number of nitrogens with one attached hydrogen (secondary N) is 1. The Morgan fingerprint density at radius 3 is 2.00 bits per heavy atom. The van der Waals surface area contributed by atoms with E-state index in [0.717, 1.165) is 12.1 Å². The summed E-state index contributed by atoms with van der Waals surface area (Å²) in [5.74, 6) is -1.51. The molecule has 0 bridgehead atoms. The highest BCUT2D eigenvalue weighted by molar-refractivity contribution is 6.34. The molecule has 0 fully saturated rings. The van der Waals surface area contributed by atoms with Crippen LogP contribution in [0.25, 0.3) is 0 Å². The number of benzene rings is 2. The van der Waals surface area contributed by atoms with Crippen LogP contribution in [0.15, 0.2) is 42.5 Å². The average Bonchev–Trinajstić information content (AvgIpc) is 2.63. The normalized spacial score (nSPS) is 13.5. The quantitative estimate of drug-likeness (QED) is 0.696. The standard InChI is InChI=1S/C18H14Cl2F3NO4/c1-28-16(26)11-4-2-10(3-5-11)15(25)24-9-17(27,18(21,22)23)12-6-13(19)8-14(20)7-12/h2-8,27H,9H2,1H3,(H,24,25). The number of ether oxygens (including phenoxy) is 1. The van der Waals surface area contributed by atoms with E-state index in [4.69, 9.17) is 23.2 Å². The van der Waals surface area contributed by atoms with E-state index in [2.05, 4.69) is 4.74 Å². The molecule has 1 unspecified atom stereocenters. The van der Waals surface area contributed by atoms with Crippen molar-refractivity contribution < 1.29 is 32.6 Å². The minimum Gasteiger partial charge on any atom is -0.465 e.